The number of rotatable bonds is 9. The van der Waals surface area contributed by atoms with Gasteiger partial charge in [-0.05, 0) is 35.7 Å². The Bertz CT molecular complexity index is 909. The third kappa shape index (κ3) is 4.19. The van der Waals surface area contributed by atoms with Gasteiger partial charge >= 0.3 is 0 Å². The number of fused-ring (bicyclic) bond motifs is 1. The van der Waals surface area contributed by atoms with Gasteiger partial charge in [0.1, 0.15) is 6.04 Å². The van der Waals surface area contributed by atoms with E-state index in [-0.39, 0.29) is 17.9 Å². The molecule has 0 radical (unpaired) electrons. The first-order valence-corrected chi connectivity index (χ1v) is 9.56. The maximum atomic E-state index is 13.2. The van der Waals surface area contributed by atoms with Crippen LogP contribution in [0.2, 0.25) is 0 Å². The van der Waals surface area contributed by atoms with Crippen LogP contribution in [0.3, 0.4) is 0 Å². The molecule has 0 spiro atoms. The van der Waals surface area contributed by atoms with Gasteiger partial charge in [-0.25, -0.2) is 13.9 Å². The van der Waals surface area contributed by atoms with Crippen molar-refractivity contribution in [2.45, 2.75) is 23.8 Å². The van der Waals surface area contributed by atoms with E-state index in [2.05, 4.69) is 13.2 Å². The third-order valence-electron chi connectivity index (χ3n) is 4.03. The number of carbonyl (C=O) groups is 1. The Hall–Kier alpha value is -2.48. The topological polar surface area (TPSA) is 86.7 Å². The van der Waals surface area contributed by atoms with E-state index in [1.807, 2.05) is 24.3 Å². The molecule has 2 aromatic rings. The lowest BCUT2D eigenvalue weighted by Gasteiger charge is -2.28. The third-order valence-corrected chi connectivity index (χ3v) is 5.94. The molecular formula is C19H22N2O4S. The predicted octanol–water partition coefficient (Wildman–Crippen LogP) is 2.86. The van der Waals surface area contributed by atoms with E-state index in [4.69, 9.17) is 5.21 Å². The molecule has 2 aromatic carbocycles. The molecule has 138 valence electrons. The number of nitrogens with one attached hydrogen (secondary N) is 1. The summed E-state index contributed by atoms with van der Waals surface area (Å²) in [5.41, 5.74) is 1.54. The zero-order chi connectivity index (χ0) is 19.2. The molecule has 0 bridgehead atoms. The lowest BCUT2D eigenvalue weighted by molar-refractivity contribution is -0.133. The lowest BCUT2D eigenvalue weighted by Crippen LogP contribution is -2.49. The van der Waals surface area contributed by atoms with Crippen molar-refractivity contribution < 1.29 is 18.4 Å². The molecule has 1 unspecified atom stereocenters. The van der Waals surface area contributed by atoms with Crippen LogP contribution in [-0.2, 0) is 14.8 Å². The van der Waals surface area contributed by atoms with E-state index in [9.17, 15) is 13.2 Å². The predicted molar refractivity (Wildman–Crippen MR) is 101 cm³/mol. The summed E-state index contributed by atoms with van der Waals surface area (Å²) < 4.78 is 27.5. The first kappa shape index (κ1) is 19.8. The van der Waals surface area contributed by atoms with E-state index in [0.29, 0.717) is 6.42 Å². The Morgan fingerprint density at radius 1 is 1.15 bits per heavy atom. The van der Waals surface area contributed by atoms with Crippen molar-refractivity contribution in [2.24, 2.45) is 0 Å². The summed E-state index contributed by atoms with van der Waals surface area (Å²) in [5, 5.41) is 10.7. The number of amides is 1. The molecule has 0 aliphatic heterocycles. The molecule has 2 rings (SSSR count). The Morgan fingerprint density at radius 2 is 1.85 bits per heavy atom. The van der Waals surface area contributed by atoms with Crippen LogP contribution in [0, 0.1) is 0 Å². The number of benzene rings is 2. The molecule has 0 aliphatic carbocycles. The van der Waals surface area contributed by atoms with Crippen LogP contribution in [0.5, 0.6) is 0 Å². The highest BCUT2D eigenvalue weighted by molar-refractivity contribution is 7.89. The lowest BCUT2D eigenvalue weighted by atomic mass is 10.1. The second-order valence-corrected chi connectivity index (χ2v) is 7.61. The second kappa shape index (κ2) is 8.75. The van der Waals surface area contributed by atoms with Crippen LogP contribution < -0.4 is 5.48 Å². The average molecular weight is 374 g/mol. The van der Waals surface area contributed by atoms with Gasteiger partial charge in [0.05, 0.1) is 4.90 Å². The SMILES string of the molecule is C=CCCN(C(CC=C)C(=O)NO)S(=O)(=O)c1ccc2ccccc2c1. The van der Waals surface area contributed by atoms with Gasteiger partial charge in [0.2, 0.25) is 10.0 Å². The minimum Gasteiger partial charge on any atom is -0.289 e. The van der Waals surface area contributed by atoms with Crippen LogP contribution in [0.15, 0.2) is 72.7 Å². The number of hydrogen-bond donors (Lipinski definition) is 2. The largest absolute Gasteiger partial charge is 0.289 e. The van der Waals surface area contributed by atoms with Crippen LogP contribution in [0.1, 0.15) is 12.8 Å². The summed E-state index contributed by atoms with van der Waals surface area (Å²) in [6, 6.07) is 11.1. The van der Waals surface area contributed by atoms with Gasteiger partial charge in [0.25, 0.3) is 5.91 Å². The Kier molecular flexibility index (Phi) is 6.68. The van der Waals surface area contributed by atoms with Crippen molar-refractivity contribution in [3.63, 3.8) is 0 Å². The van der Waals surface area contributed by atoms with E-state index < -0.39 is 22.0 Å². The monoisotopic (exact) mass is 374 g/mol. The van der Waals surface area contributed by atoms with Gasteiger partial charge in [-0.15, -0.1) is 13.2 Å². The number of hydroxylamine groups is 1. The Labute approximate surface area is 153 Å². The van der Waals surface area contributed by atoms with Gasteiger partial charge < -0.3 is 0 Å². The van der Waals surface area contributed by atoms with Gasteiger partial charge in [0, 0.05) is 6.54 Å². The maximum absolute atomic E-state index is 13.2. The standard InChI is InChI=1S/C19H22N2O4S/c1-3-5-13-21(18(8-4-2)19(22)20-23)26(24,25)17-12-11-15-9-6-7-10-16(15)14-17/h3-4,6-7,9-12,14,18,23H,1-2,5,8,13H2,(H,20,22). The van der Waals surface area contributed by atoms with Gasteiger partial charge in [-0.2, -0.15) is 4.31 Å². The first-order valence-electron chi connectivity index (χ1n) is 8.12. The van der Waals surface area contributed by atoms with Crippen molar-refractivity contribution in [3.05, 3.63) is 67.8 Å². The summed E-state index contributed by atoms with van der Waals surface area (Å²) in [7, 11) is -3.98. The fourth-order valence-electron chi connectivity index (χ4n) is 2.71. The molecule has 0 aliphatic rings. The van der Waals surface area contributed by atoms with Crippen LogP contribution in [-0.4, -0.2) is 36.4 Å². The average Bonchev–Trinajstić information content (AvgIpc) is 2.66. The Morgan fingerprint density at radius 3 is 2.46 bits per heavy atom. The van der Waals surface area contributed by atoms with E-state index in [1.54, 1.807) is 23.7 Å². The van der Waals surface area contributed by atoms with Gasteiger partial charge in [-0.1, -0.05) is 42.5 Å². The number of nitrogens with zero attached hydrogens (tertiary/aromatic N) is 1. The minimum absolute atomic E-state index is 0.0601. The maximum Gasteiger partial charge on any atom is 0.262 e. The molecule has 0 aromatic heterocycles. The second-order valence-electron chi connectivity index (χ2n) is 5.72. The first-order chi connectivity index (χ1) is 12.5. The van der Waals surface area contributed by atoms with Crippen LogP contribution >= 0.6 is 0 Å². The molecule has 0 fully saturated rings. The van der Waals surface area contributed by atoms with Crippen LogP contribution in [0.4, 0.5) is 0 Å². The summed E-state index contributed by atoms with van der Waals surface area (Å²) in [5.74, 6) is -0.807. The van der Waals surface area contributed by atoms with Crippen molar-refractivity contribution in [1.82, 2.24) is 9.79 Å². The highest BCUT2D eigenvalue weighted by Gasteiger charge is 2.34. The quantitative estimate of drug-likeness (QED) is 0.401. The molecule has 6 nitrogen and oxygen atoms in total. The molecule has 26 heavy (non-hydrogen) atoms. The zero-order valence-electron chi connectivity index (χ0n) is 14.3. The molecule has 0 saturated carbocycles. The molecular weight excluding hydrogens is 352 g/mol. The molecule has 1 amide bonds. The summed E-state index contributed by atoms with van der Waals surface area (Å²) >= 11 is 0. The normalized spacial score (nSPS) is 12.7. The highest BCUT2D eigenvalue weighted by atomic mass is 32.2. The molecule has 0 saturated heterocycles. The molecule has 2 N–H and O–H groups in total. The smallest absolute Gasteiger partial charge is 0.262 e. The summed E-state index contributed by atoms with van der Waals surface area (Å²) in [6.07, 6.45) is 3.44. The Balaban J connectivity index is 2.53. The van der Waals surface area contributed by atoms with E-state index in [1.165, 1.54) is 12.1 Å². The fraction of sp³-hybridized carbons (Fsp3) is 0.211. The van der Waals surface area contributed by atoms with E-state index in [0.717, 1.165) is 15.1 Å². The van der Waals surface area contributed by atoms with E-state index >= 15 is 0 Å². The summed E-state index contributed by atoms with van der Waals surface area (Å²) in [6.45, 7) is 7.24. The number of sulfonamides is 1. The van der Waals surface area contributed by atoms with Gasteiger partial charge in [-0.3, -0.25) is 10.0 Å². The van der Waals surface area contributed by atoms with Gasteiger partial charge in [0.15, 0.2) is 0 Å². The van der Waals surface area contributed by atoms with Crippen molar-refractivity contribution in [2.75, 3.05) is 6.54 Å². The highest BCUT2D eigenvalue weighted by Crippen LogP contribution is 2.24. The van der Waals surface area contributed by atoms with Crippen molar-refractivity contribution in [3.8, 4) is 0 Å². The van der Waals surface area contributed by atoms with Crippen molar-refractivity contribution >= 4 is 26.7 Å². The number of hydrogen-bond acceptors (Lipinski definition) is 4. The van der Waals surface area contributed by atoms with Crippen molar-refractivity contribution in [1.29, 1.82) is 0 Å². The molecule has 0 heterocycles. The van der Waals surface area contributed by atoms with Crippen LogP contribution in [0.25, 0.3) is 10.8 Å². The molecule has 1 atom stereocenters. The fourth-order valence-corrected chi connectivity index (χ4v) is 4.36. The summed E-state index contributed by atoms with van der Waals surface area (Å²) in [4.78, 5) is 12.1. The number of carbonyl (C=O) groups excluding carboxylic acids is 1. The minimum atomic E-state index is -3.98. The molecule has 7 heteroatoms. The zero-order valence-corrected chi connectivity index (χ0v) is 15.2.